The van der Waals surface area contributed by atoms with E-state index < -0.39 is 0 Å². The number of hydrogen-bond acceptors (Lipinski definition) is 5. The predicted molar refractivity (Wildman–Crippen MR) is 102 cm³/mol. The maximum Gasteiger partial charge on any atom is 0.290 e. The maximum atomic E-state index is 12.1. The number of nitrogens with two attached hydrogens (primary N) is 1. The van der Waals surface area contributed by atoms with Crippen LogP contribution in [0.4, 0.5) is 5.82 Å². The number of amides is 1. The number of rotatable bonds is 10. The van der Waals surface area contributed by atoms with Gasteiger partial charge in [-0.05, 0) is 31.4 Å². The van der Waals surface area contributed by atoms with Crippen molar-refractivity contribution in [2.24, 2.45) is 15.8 Å². The van der Waals surface area contributed by atoms with Crippen LogP contribution in [0.15, 0.2) is 28.3 Å². The lowest BCUT2D eigenvalue weighted by Gasteiger charge is -2.14. The van der Waals surface area contributed by atoms with Gasteiger partial charge in [-0.3, -0.25) is 4.79 Å². The first-order valence-electron chi connectivity index (χ1n) is 8.39. The largest absolute Gasteiger partial charge is 0.369 e. The lowest BCUT2D eigenvalue weighted by atomic mass is 10.1. The minimum absolute atomic E-state index is 0.249. The summed E-state index contributed by atoms with van der Waals surface area (Å²) in [4.78, 5) is 24.1. The minimum atomic E-state index is -0.375. The van der Waals surface area contributed by atoms with Gasteiger partial charge in [0, 0.05) is 33.7 Å². The van der Waals surface area contributed by atoms with E-state index in [9.17, 15) is 4.79 Å². The van der Waals surface area contributed by atoms with Crippen molar-refractivity contribution in [1.82, 2.24) is 20.2 Å². The number of carbonyl (C=O) groups is 1. The van der Waals surface area contributed by atoms with Gasteiger partial charge < -0.3 is 15.5 Å². The molecule has 138 valence electrons. The number of aliphatic imine (C=N–C) groups is 1. The Morgan fingerprint density at radius 2 is 2.12 bits per heavy atom. The highest BCUT2D eigenvalue weighted by Crippen LogP contribution is 2.08. The van der Waals surface area contributed by atoms with E-state index in [1.165, 1.54) is 0 Å². The molecule has 25 heavy (non-hydrogen) atoms. The lowest BCUT2D eigenvalue weighted by molar-refractivity contribution is 0.0949. The first kappa shape index (κ1) is 20.6. The van der Waals surface area contributed by atoms with Crippen molar-refractivity contribution >= 4 is 24.4 Å². The average molecular weight is 347 g/mol. The fourth-order valence-corrected chi connectivity index (χ4v) is 1.90. The van der Waals surface area contributed by atoms with Gasteiger partial charge in [-0.15, -0.1) is 0 Å². The molecule has 3 N–H and O–H groups in total. The van der Waals surface area contributed by atoms with Gasteiger partial charge in [0.1, 0.15) is 12.0 Å². The average Bonchev–Trinajstić information content (AvgIpc) is 2.59. The molecule has 0 aliphatic carbocycles. The van der Waals surface area contributed by atoms with Gasteiger partial charge >= 0.3 is 0 Å². The molecular formula is C17H29N7O. The second kappa shape index (κ2) is 11.1. The van der Waals surface area contributed by atoms with Crippen molar-refractivity contribution < 1.29 is 4.79 Å². The van der Waals surface area contributed by atoms with Crippen molar-refractivity contribution in [2.75, 3.05) is 27.7 Å². The van der Waals surface area contributed by atoms with Crippen LogP contribution in [0.1, 0.15) is 36.7 Å². The third kappa shape index (κ3) is 8.80. The van der Waals surface area contributed by atoms with Crippen molar-refractivity contribution in [1.29, 1.82) is 0 Å². The molecule has 1 unspecified atom stereocenters. The van der Waals surface area contributed by atoms with E-state index in [1.54, 1.807) is 35.8 Å². The molecular weight excluding hydrogens is 318 g/mol. The molecule has 1 amide bonds. The zero-order valence-electron chi connectivity index (χ0n) is 15.5. The third-order valence-corrected chi connectivity index (χ3v) is 3.42. The smallest absolute Gasteiger partial charge is 0.290 e. The SMILES string of the molecule is CCC(N)CCCN(C)/C=N/NC(=O)c1cccc(/N=C/N(C)C)n1. The number of hydrogen-bond donors (Lipinski definition) is 2. The summed E-state index contributed by atoms with van der Waals surface area (Å²) in [5, 5.41) is 3.95. The normalized spacial score (nSPS) is 12.5. The number of hydrazone groups is 1. The summed E-state index contributed by atoms with van der Waals surface area (Å²) in [6, 6.07) is 5.33. The van der Waals surface area contributed by atoms with E-state index in [-0.39, 0.29) is 17.6 Å². The first-order chi connectivity index (χ1) is 11.9. The van der Waals surface area contributed by atoms with Crippen LogP contribution in [-0.2, 0) is 0 Å². The van der Waals surface area contributed by atoms with Crippen LogP contribution in [0.25, 0.3) is 0 Å². The second-order valence-corrected chi connectivity index (χ2v) is 6.07. The van der Waals surface area contributed by atoms with Gasteiger partial charge in [-0.25, -0.2) is 15.4 Å². The summed E-state index contributed by atoms with van der Waals surface area (Å²) in [6.07, 6.45) is 6.16. The molecule has 1 aromatic heterocycles. The molecule has 0 aliphatic rings. The first-order valence-corrected chi connectivity index (χ1v) is 8.39. The maximum absolute atomic E-state index is 12.1. The highest BCUT2D eigenvalue weighted by molar-refractivity contribution is 5.92. The molecule has 8 nitrogen and oxygen atoms in total. The van der Waals surface area contributed by atoms with Crippen molar-refractivity contribution in [3.8, 4) is 0 Å². The third-order valence-electron chi connectivity index (χ3n) is 3.42. The number of nitrogens with zero attached hydrogens (tertiary/aromatic N) is 5. The van der Waals surface area contributed by atoms with Gasteiger partial charge in [-0.1, -0.05) is 13.0 Å². The van der Waals surface area contributed by atoms with Crippen molar-refractivity contribution in [3.05, 3.63) is 23.9 Å². The van der Waals surface area contributed by atoms with Crippen LogP contribution in [0.2, 0.25) is 0 Å². The standard InChI is InChI=1S/C17H29N7O/c1-5-14(18)8-7-11-24(4)13-20-22-17(25)15-9-6-10-16(21-15)19-12-23(2)3/h6,9-10,12-14H,5,7-8,11,18H2,1-4H3,(H,22,25)/b19-12+,20-13+. The highest BCUT2D eigenvalue weighted by Gasteiger charge is 2.06. The van der Waals surface area contributed by atoms with Crippen molar-refractivity contribution in [3.63, 3.8) is 0 Å². The van der Waals surface area contributed by atoms with Gasteiger partial charge in [-0.2, -0.15) is 5.10 Å². The molecule has 0 spiro atoms. The van der Waals surface area contributed by atoms with Gasteiger partial charge in [0.25, 0.3) is 5.91 Å². The Labute approximate surface area is 149 Å². The fourth-order valence-electron chi connectivity index (χ4n) is 1.90. The van der Waals surface area contributed by atoms with Gasteiger partial charge in [0.05, 0.1) is 6.34 Å². The zero-order chi connectivity index (χ0) is 18.7. The van der Waals surface area contributed by atoms with Gasteiger partial charge in [0.2, 0.25) is 0 Å². The summed E-state index contributed by atoms with van der Waals surface area (Å²) in [6.45, 7) is 2.92. The number of carbonyl (C=O) groups excluding carboxylic acids is 1. The van der Waals surface area contributed by atoms with E-state index in [0.29, 0.717) is 5.82 Å². The van der Waals surface area contributed by atoms with Crippen LogP contribution >= 0.6 is 0 Å². The molecule has 0 aliphatic heterocycles. The Bertz CT molecular complexity index is 586. The van der Waals surface area contributed by atoms with E-state index in [0.717, 1.165) is 25.8 Å². The molecule has 8 heteroatoms. The van der Waals surface area contributed by atoms with Crippen LogP contribution in [-0.4, -0.2) is 67.1 Å². The Balaban J connectivity index is 2.46. The number of nitrogens with one attached hydrogen (secondary N) is 1. The van der Waals surface area contributed by atoms with Crippen LogP contribution in [0, 0.1) is 0 Å². The second-order valence-electron chi connectivity index (χ2n) is 6.07. The number of pyridine rings is 1. The summed E-state index contributed by atoms with van der Waals surface area (Å²) < 4.78 is 0. The summed E-state index contributed by atoms with van der Waals surface area (Å²) in [5.74, 6) is 0.0919. The molecule has 0 saturated carbocycles. The minimum Gasteiger partial charge on any atom is -0.369 e. The van der Waals surface area contributed by atoms with E-state index >= 15 is 0 Å². The molecule has 1 atom stereocenters. The summed E-state index contributed by atoms with van der Waals surface area (Å²) in [7, 11) is 5.63. The summed E-state index contributed by atoms with van der Waals surface area (Å²) in [5.41, 5.74) is 8.62. The predicted octanol–water partition coefficient (Wildman–Crippen LogP) is 1.43. The Kier molecular flexibility index (Phi) is 9.16. The van der Waals surface area contributed by atoms with Crippen molar-refractivity contribution in [2.45, 2.75) is 32.2 Å². The molecule has 1 rings (SSSR count). The molecule has 0 aromatic carbocycles. The molecule has 1 aromatic rings. The molecule has 0 radical (unpaired) electrons. The molecule has 0 saturated heterocycles. The fraction of sp³-hybridized carbons (Fsp3) is 0.529. The Morgan fingerprint density at radius 3 is 2.80 bits per heavy atom. The zero-order valence-corrected chi connectivity index (χ0v) is 15.5. The van der Waals surface area contributed by atoms with Crippen LogP contribution in [0.3, 0.4) is 0 Å². The van der Waals surface area contributed by atoms with Crippen LogP contribution < -0.4 is 11.2 Å². The van der Waals surface area contributed by atoms with Crippen LogP contribution in [0.5, 0.6) is 0 Å². The van der Waals surface area contributed by atoms with E-state index in [4.69, 9.17) is 5.73 Å². The molecule has 0 fully saturated rings. The lowest BCUT2D eigenvalue weighted by Crippen LogP contribution is -2.25. The Morgan fingerprint density at radius 1 is 1.36 bits per heavy atom. The molecule has 0 bridgehead atoms. The topological polar surface area (TPSA) is 99.2 Å². The monoisotopic (exact) mass is 347 g/mol. The molecule has 1 heterocycles. The number of aromatic nitrogens is 1. The van der Waals surface area contributed by atoms with Gasteiger partial charge in [0.15, 0.2) is 5.82 Å². The van der Waals surface area contributed by atoms with E-state index in [2.05, 4.69) is 27.4 Å². The summed E-state index contributed by atoms with van der Waals surface area (Å²) >= 11 is 0. The highest BCUT2D eigenvalue weighted by atomic mass is 16.2. The Hall–Kier alpha value is -2.48. The quantitative estimate of drug-likeness (QED) is 0.379. The van der Waals surface area contributed by atoms with E-state index in [1.807, 2.05) is 26.0 Å².